The molecule has 118 valence electrons. The van der Waals surface area contributed by atoms with Crippen molar-refractivity contribution in [3.05, 3.63) is 57.8 Å². The molecular formula is C18H21Cl2NO. The molecule has 0 unspecified atom stereocenters. The Morgan fingerprint density at radius 2 is 1.73 bits per heavy atom. The number of unbranched alkanes of at least 4 members (excludes halogenated alkanes) is 2. The summed E-state index contributed by atoms with van der Waals surface area (Å²) in [6.07, 6.45) is 7.15. The number of aromatic nitrogens is 1. The normalized spacial score (nSPS) is 10.7. The molecule has 0 saturated carbocycles. The van der Waals surface area contributed by atoms with Crippen LogP contribution >= 0.6 is 23.2 Å². The van der Waals surface area contributed by atoms with Crippen LogP contribution in [0.3, 0.4) is 0 Å². The van der Waals surface area contributed by atoms with Gasteiger partial charge in [0.25, 0.3) is 0 Å². The van der Waals surface area contributed by atoms with Gasteiger partial charge < -0.3 is 4.74 Å². The lowest BCUT2D eigenvalue weighted by atomic mass is 10.1. The molecule has 0 amide bonds. The zero-order valence-corrected chi connectivity index (χ0v) is 14.3. The zero-order valence-electron chi connectivity index (χ0n) is 12.8. The zero-order chi connectivity index (χ0) is 15.8. The molecule has 2 aromatic rings. The van der Waals surface area contributed by atoms with Crippen LogP contribution < -0.4 is 4.74 Å². The summed E-state index contributed by atoms with van der Waals surface area (Å²) in [5.74, 6) is 0.941. The minimum absolute atomic E-state index is 0.356. The summed E-state index contributed by atoms with van der Waals surface area (Å²) in [7, 11) is 0. The number of hydrogen-bond acceptors (Lipinski definition) is 2. The minimum Gasteiger partial charge on any atom is -0.494 e. The molecule has 0 N–H and O–H groups in total. The molecule has 0 aliphatic heterocycles. The summed E-state index contributed by atoms with van der Waals surface area (Å²) in [5, 5.41) is 0.866. The molecule has 1 aromatic heterocycles. The molecule has 0 aliphatic rings. The lowest BCUT2D eigenvalue weighted by Gasteiger charge is -2.07. The summed E-state index contributed by atoms with van der Waals surface area (Å²) < 4.78 is 5.71. The maximum absolute atomic E-state index is 5.98. The Bertz CT molecular complexity index is 584. The van der Waals surface area contributed by atoms with Crippen LogP contribution in [0.25, 0.3) is 0 Å². The van der Waals surface area contributed by atoms with E-state index in [1.54, 1.807) is 6.20 Å². The van der Waals surface area contributed by atoms with Crippen molar-refractivity contribution in [3.8, 4) is 5.75 Å². The number of aryl methyl sites for hydroxylation is 2. The average molecular weight is 338 g/mol. The van der Waals surface area contributed by atoms with Crippen LogP contribution in [0.2, 0.25) is 10.2 Å². The Kier molecular flexibility index (Phi) is 7.01. The predicted molar refractivity (Wildman–Crippen MR) is 93.1 cm³/mol. The van der Waals surface area contributed by atoms with Crippen molar-refractivity contribution in [2.75, 3.05) is 6.61 Å². The van der Waals surface area contributed by atoms with E-state index in [1.807, 2.05) is 18.2 Å². The number of rotatable bonds is 8. The van der Waals surface area contributed by atoms with E-state index in [4.69, 9.17) is 27.9 Å². The molecule has 22 heavy (non-hydrogen) atoms. The molecule has 0 saturated heterocycles. The molecular weight excluding hydrogens is 317 g/mol. The molecule has 0 bridgehead atoms. The standard InChI is InChI=1S/C18H21Cl2NO/c1-2-3-4-11-22-16-9-7-14(8-10-16)5-6-15-12-17(19)18(20)21-13-15/h7-10,12-13H,2-6,11H2,1H3. The van der Waals surface area contributed by atoms with E-state index in [1.165, 1.54) is 18.4 Å². The highest BCUT2D eigenvalue weighted by atomic mass is 35.5. The number of nitrogens with zero attached hydrogens (tertiary/aromatic N) is 1. The average Bonchev–Trinajstić information content (AvgIpc) is 2.54. The van der Waals surface area contributed by atoms with Gasteiger partial charge in [-0.15, -0.1) is 0 Å². The molecule has 1 heterocycles. The van der Waals surface area contributed by atoms with Crippen LogP contribution in [-0.4, -0.2) is 11.6 Å². The highest BCUT2D eigenvalue weighted by Crippen LogP contribution is 2.21. The van der Waals surface area contributed by atoms with Gasteiger partial charge >= 0.3 is 0 Å². The highest BCUT2D eigenvalue weighted by molar-refractivity contribution is 6.41. The van der Waals surface area contributed by atoms with E-state index < -0.39 is 0 Å². The van der Waals surface area contributed by atoms with Crippen molar-refractivity contribution in [2.45, 2.75) is 39.0 Å². The van der Waals surface area contributed by atoms with Crippen LogP contribution in [0.1, 0.15) is 37.3 Å². The predicted octanol–water partition coefficient (Wildman–Crippen LogP) is 5.74. The van der Waals surface area contributed by atoms with Crippen LogP contribution in [0.4, 0.5) is 0 Å². The van der Waals surface area contributed by atoms with E-state index in [9.17, 15) is 0 Å². The molecule has 2 rings (SSSR count). The first-order chi connectivity index (χ1) is 10.7. The van der Waals surface area contributed by atoms with Gasteiger partial charge in [-0.3, -0.25) is 0 Å². The molecule has 0 aliphatic carbocycles. The van der Waals surface area contributed by atoms with Gasteiger partial charge in [-0.25, -0.2) is 4.98 Å². The van der Waals surface area contributed by atoms with Gasteiger partial charge in [-0.05, 0) is 48.6 Å². The Morgan fingerprint density at radius 3 is 2.41 bits per heavy atom. The number of halogens is 2. The van der Waals surface area contributed by atoms with E-state index in [2.05, 4.69) is 24.0 Å². The fraction of sp³-hybridized carbons (Fsp3) is 0.389. The van der Waals surface area contributed by atoms with Crippen LogP contribution in [-0.2, 0) is 12.8 Å². The first-order valence-electron chi connectivity index (χ1n) is 7.70. The quantitative estimate of drug-likeness (QED) is 0.452. The maximum Gasteiger partial charge on any atom is 0.147 e. The third-order valence-electron chi connectivity index (χ3n) is 3.50. The lowest BCUT2D eigenvalue weighted by Crippen LogP contribution is -1.97. The second kappa shape index (κ2) is 9.02. The van der Waals surface area contributed by atoms with E-state index in [0.717, 1.165) is 37.2 Å². The molecule has 0 atom stereocenters. The van der Waals surface area contributed by atoms with Crippen molar-refractivity contribution in [2.24, 2.45) is 0 Å². The van der Waals surface area contributed by atoms with Crippen molar-refractivity contribution in [3.63, 3.8) is 0 Å². The van der Waals surface area contributed by atoms with Gasteiger partial charge in [0.2, 0.25) is 0 Å². The Balaban J connectivity index is 1.82. The maximum atomic E-state index is 5.98. The van der Waals surface area contributed by atoms with E-state index >= 15 is 0 Å². The second-order valence-electron chi connectivity index (χ2n) is 5.32. The molecule has 0 fully saturated rings. The summed E-state index contributed by atoms with van der Waals surface area (Å²) in [4.78, 5) is 4.07. The summed E-state index contributed by atoms with van der Waals surface area (Å²) >= 11 is 11.8. The van der Waals surface area contributed by atoms with Crippen molar-refractivity contribution < 1.29 is 4.74 Å². The smallest absolute Gasteiger partial charge is 0.147 e. The SMILES string of the molecule is CCCCCOc1ccc(CCc2cnc(Cl)c(Cl)c2)cc1. The van der Waals surface area contributed by atoms with Gasteiger partial charge in [0.05, 0.1) is 11.6 Å². The Morgan fingerprint density at radius 1 is 1.00 bits per heavy atom. The van der Waals surface area contributed by atoms with Gasteiger partial charge in [0.15, 0.2) is 0 Å². The van der Waals surface area contributed by atoms with Crippen LogP contribution in [0, 0.1) is 0 Å². The lowest BCUT2D eigenvalue weighted by molar-refractivity contribution is 0.306. The van der Waals surface area contributed by atoms with Gasteiger partial charge in [0.1, 0.15) is 10.9 Å². The van der Waals surface area contributed by atoms with Crippen molar-refractivity contribution in [1.29, 1.82) is 0 Å². The summed E-state index contributed by atoms with van der Waals surface area (Å²) in [5.41, 5.74) is 2.36. The number of ether oxygens (including phenoxy) is 1. The van der Waals surface area contributed by atoms with Crippen LogP contribution in [0.5, 0.6) is 5.75 Å². The summed E-state index contributed by atoms with van der Waals surface area (Å²) in [6.45, 7) is 2.99. The minimum atomic E-state index is 0.356. The number of benzene rings is 1. The first-order valence-corrected chi connectivity index (χ1v) is 8.46. The highest BCUT2D eigenvalue weighted by Gasteiger charge is 2.02. The fourth-order valence-electron chi connectivity index (χ4n) is 2.18. The molecule has 1 aromatic carbocycles. The van der Waals surface area contributed by atoms with Crippen molar-refractivity contribution >= 4 is 23.2 Å². The number of hydrogen-bond donors (Lipinski definition) is 0. The second-order valence-corrected chi connectivity index (χ2v) is 6.08. The molecule has 4 heteroatoms. The van der Waals surface area contributed by atoms with Gasteiger partial charge in [-0.2, -0.15) is 0 Å². The Labute approximate surface area is 142 Å². The number of pyridine rings is 1. The fourth-order valence-corrected chi connectivity index (χ4v) is 2.47. The first kappa shape index (κ1) is 17.1. The third-order valence-corrected chi connectivity index (χ3v) is 4.18. The van der Waals surface area contributed by atoms with Gasteiger partial charge in [-0.1, -0.05) is 55.1 Å². The monoisotopic (exact) mass is 337 g/mol. The van der Waals surface area contributed by atoms with E-state index in [-0.39, 0.29) is 0 Å². The molecule has 2 nitrogen and oxygen atoms in total. The molecule has 0 spiro atoms. The molecule has 0 radical (unpaired) electrons. The topological polar surface area (TPSA) is 22.1 Å². The Hall–Kier alpha value is -1.25. The largest absolute Gasteiger partial charge is 0.494 e. The van der Waals surface area contributed by atoms with Crippen molar-refractivity contribution in [1.82, 2.24) is 4.98 Å². The van der Waals surface area contributed by atoms with E-state index in [0.29, 0.717) is 10.2 Å². The van der Waals surface area contributed by atoms with Gasteiger partial charge in [0, 0.05) is 6.20 Å². The van der Waals surface area contributed by atoms with Crippen LogP contribution in [0.15, 0.2) is 36.5 Å². The third kappa shape index (κ3) is 5.51. The summed E-state index contributed by atoms with van der Waals surface area (Å²) in [6, 6.07) is 10.2.